The number of furan rings is 1. The topological polar surface area (TPSA) is 25.2 Å². The third-order valence-corrected chi connectivity index (χ3v) is 3.60. The van der Waals surface area contributed by atoms with E-state index < -0.39 is 0 Å². The number of nitrogens with one attached hydrogen (secondary N) is 1. The number of aryl methyl sites for hydroxylation is 1. The van der Waals surface area contributed by atoms with Gasteiger partial charge in [-0.15, -0.1) is 0 Å². The van der Waals surface area contributed by atoms with Crippen LogP contribution in [0.15, 0.2) is 59.0 Å². The van der Waals surface area contributed by atoms with Crippen LogP contribution in [0.4, 0.5) is 0 Å². The highest BCUT2D eigenvalue weighted by Gasteiger charge is 2.07. The van der Waals surface area contributed by atoms with Crippen LogP contribution in [-0.2, 0) is 6.54 Å². The molecule has 2 aromatic carbocycles. The zero-order valence-electron chi connectivity index (χ0n) is 11.9. The lowest BCUT2D eigenvalue weighted by molar-refractivity contribution is 0.482. The van der Waals surface area contributed by atoms with Gasteiger partial charge in [0.2, 0.25) is 0 Å². The Morgan fingerprint density at radius 3 is 2.70 bits per heavy atom. The fourth-order valence-corrected chi connectivity index (χ4v) is 2.43. The third kappa shape index (κ3) is 2.75. The number of rotatable bonds is 4. The van der Waals surface area contributed by atoms with Gasteiger partial charge in [-0.25, -0.2) is 0 Å². The Hall–Kier alpha value is -2.06. The quantitative estimate of drug-likeness (QED) is 0.746. The molecule has 102 valence electrons. The van der Waals surface area contributed by atoms with Gasteiger partial charge in [-0.3, -0.25) is 0 Å². The third-order valence-electron chi connectivity index (χ3n) is 3.60. The van der Waals surface area contributed by atoms with Crippen LogP contribution in [0.1, 0.15) is 29.9 Å². The van der Waals surface area contributed by atoms with Gasteiger partial charge in [0.15, 0.2) is 0 Å². The fourth-order valence-electron chi connectivity index (χ4n) is 2.43. The van der Waals surface area contributed by atoms with E-state index in [1.165, 1.54) is 11.1 Å². The first-order valence-corrected chi connectivity index (χ1v) is 7.00. The lowest BCUT2D eigenvalue weighted by atomic mass is 10.1. The molecular weight excluding hydrogens is 246 g/mol. The van der Waals surface area contributed by atoms with Crippen LogP contribution < -0.4 is 5.32 Å². The van der Waals surface area contributed by atoms with Gasteiger partial charge in [0.25, 0.3) is 0 Å². The SMILES string of the molecule is Cc1cccc([C@H](C)NCc2cc3ccccc3o2)c1. The summed E-state index contributed by atoms with van der Waals surface area (Å²) < 4.78 is 5.82. The second-order valence-corrected chi connectivity index (χ2v) is 5.27. The Bertz CT molecular complexity index is 681. The van der Waals surface area contributed by atoms with Crippen LogP contribution in [0.2, 0.25) is 0 Å². The summed E-state index contributed by atoms with van der Waals surface area (Å²) in [6.45, 7) is 5.04. The largest absolute Gasteiger partial charge is 0.460 e. The standard InChI is InChI=1S/C18H19NO/c1-13-6-5-8-15(10-13)14(2)19-12-17-11-16-7-3-4-9-18(16)20-17/h3-11,14,19H,12H2,1-2H3/t14-/m0/s1. The monoisotopic (exact) mass is 265 g/mol. The van der Waals surface area contributed by atoms with Crippen LogP contribution in [0, 0.1) is 6.92 Å². The first-order valence-electron chi connectivity index (χ1n) is 7.00. The van der Waals surface area contributed by atoms with Crippen molar-refractivity contribution >= 4 is 11.0 Å². The van der Waals surface area contributed by atoms with E-state index in [0.29, 0.717) is 6.04 Å². The maximum absolute atomic E-state index is 5.82. The average molecular weight is 265 g/mol. The second-order valence-electron chi connectivity index (χ2n) is 5.27. The summed E-state index contributed by atoms with van der Waals surface area (Å²) in [5, 5.41) is 4.67. The second kappa shape index (κ2) is 5.51. The molecule has 1 heterocycles. The van der Waals surface area contributed by atoms with E-state index in [-0.39, 0.29) is 0 Å². The first-order chi connectivity index (χ1) is 9.72. The lowest BCUT2D eigenvalue weighted by Crippen LogP contribution is -2.17. The maximum atomic E-state index is 5.82. The Labute approximate surface area is 119 Å². The van der Waals surface area contributed by atoms with E-state index in [9.17, 15) is 0 Å². The summed E-state index contributed by atoms with van der Waals surface area (Å²) in [5.41, 5.74) is 3.55. The van der Waals surface area contributed by atoms with Gasteiger partial charge in [0.05, 0.1) is 6.54 Å². The molecule has 0 aliphatic heterocycles. The van der Waals surface area contributed by atoms with Gasteiger partial charge in [0, 0.05) is 11.4 Å². The van der Waals surface area contributed by atoms with E-state index >= 15 is 0 Å². The van der Waals surface area contributed by atoms with Crippen LogP contribution in [0.25, 0.3) is 11.0 Å². The maximum Gasteiger partial charge on any atom is 0.134 e. The van der Waals surface area contributed by atoms with E-state index in [1.54, 1.807) is 0 Å². The van der Waals surface area contributed by atoms with Gasteiger partial charge in [-0.05, 0) is 31.5 Å². The van der Waals surface area contributed by atoms with Gasteiger partial charge >= 0.3 is 0 Å². The molecule has 1 aromatic heterocycles. The highest BCUT2D eigenvalue weighted by Crippen LogP contribution is 2.20. The summed E-state index contributed by atoms with van der Waals surface area (Å²) in [4.78, 5) is 0. The minimum atomic E-state index is 0.308. The molecule has 0 fully saturated rings. The zero-order chi connectivity index (χ0) is 13.9. The number of hydrogen-bond acceptors (Lipinski definition) is 2. The Morgan fingerprint density at radius 1 is 1.05 bits per heavy atom. The molecule has 3 aromatic rings. The molecule has 2 heteroatoms. The van der Waals surface area contributed by atoms with Crippen molar-refractivity contribution < 1.29 is 4.42 Å². The highest BCUT2D eigenvalue weighted by atomic mass is 16.3. The van der Waals surface area contributed by atoms with Gasteiger partial charge < -0.3 is 9.73 Å². The Kier molecular flexibility index (Phi) is 3.57. The average Bonchev–Trinajstić information content (AvgIpc) is 2.87. The predicted molar refractivity (Wildman–Crippen MR) is 82.6 cm³/mol. The summed E-state index contributed by atoms with van der Waals surface area (Å²) in [5.74, 6) is 0.978. The molecule has 0 saturated heterocycles. The van der Waals surface area contributed by atoms with Crippen molar-refractivity contribution in [2.75, 3.05) is 0 Å². The number of para-hydroxylation sites is 1. The lowest BCUT2D eigenvalue weighted by Gasteiger charge is -2.13. The molecule has 0 amide bonds. The molecule has 0 bridgehead atoms. The molecule has 1 atom stereocenters. The molecule has 0 aliphatic rings. The molecule has 0 radical (unpaired) electrons. The molecular formula is C18H19NO. The van der Waals surface area contributed by atoms with Crippen LogP contribution in [0.3, 0.4) is 0 Å². The Morgan fingerprint density at radius 2 is 1.90 bits per heavy atom. The van der Waals surface area contributed by atoms with Crippen molar-refractivity contribution in [2.24, 2.45) is 0 Å². The molecule has 1 N–H and O–H groups in total. The van der Waals surface area contributed by atoms with Crippen molar-refractivity contribution in [3.05, 3.63) is 71.5 Å². The molecule has 0 unspecified atom stereocenters. The summed E-state index contributed by atoms with van der Waals surface area (Å²) >= 11 is 0. The van der Waals surface area contributed by atoms with E-state index in [4.69, 9.17) is 4.42 Å². The van der Waals surface area contributed by atoms with Crippen molar-refractivity contribution in [1.82, 2.24) is 5.32 Å². The molecule has 0 aliphatic carbocycles. The smallest absolute Gasteiger partial charge is 0.134 e. The summed E-state index contributed by atoms with van der Waals surface area (Å²) in [6.07, 6.45) is 0. The van der Waals surface area contributed by atoms with E-state index in [2.05, 4.69) is 55.6 Å². The molecule has 0 spiro atoms. The van der Waals surface area contributed by atoms with Crippen molar-refractivity contribution in [1.29, 1.82) is 0 Å². The molecule has 3 rings (SSSR count). The molecule has 2 nitrogen and oxygen atoms in total. The van der Waals surface area contributed by atoms with Crippen LogP contribution in [0.5, 0.6) is 0 Å². The van der Waals surface area contributed by atoms with Crippen LogP contribution >= 0.6 is 0 Å². The van der Waals surface area contributed by atoms with E-state index in [0.717, 1.165) is 23.3 Å². The zero-order valence-corrected chi connectivity index (χ0v) is 11.9. The number of hydrogen-bond donors (Lipinski definition) is 1. The van der Waals surface area contributed by atoms with Gasteiger partial charge in [-0.2, -0.15) is 0 Å². The van der Waals surface area contributed by atoms with E-state index in [1.807, 2.05) is 18.2 Å². The fraction of sp³-hybridized carbons (Fsp3) is 0.222. The van der Waals surface area contributed by atoms with Crippen molar-refractivity contribution in [3.8, 4) is 0 Å². The molecule has 0 saturated carbocycles. The summed E-state index contributed by atoms with van der Waals surface area (Å²) in [7, 11) is 0. The predicted octanol–water partition coefficient (Wildman–Crippen LogP) is 4.59. The van der Waals surface area contributed by atoms with Gasteiger partial charge in [-0.1, -0.05) is 48.0 Å². The molecule has 20 heavy (non-hydrogen) atoms. The highest BCUT2D eigenvalue weighted by molar-refractivity contribution is 5.77. The minimum absolute atomic E-state index is 0.308. The number of fused-ring (bicyclic) bond motifs is 1. The Balaban J connectivity index is 1.69. The van der Waals surface area contributed by atoms with Crippen molar-refractivity contribution in [2.45, 2.75) is 26.4 Å². The normalized spacial score (nSPS) is 12.7. The first kappa shape index (κ1) is 12.9. The van der Waals surface area contributed by atoms with Crippen molar-refractivity contribution in [3.63, 3.8) is 0 Å². The van der Waals surface area contributed by atoms with Crippen LogP contribution in [-0.4, -0.2) is 0 Å². The van der Waals surface area contributed by atoms with Gasteiger partial charge in [0.1, 0.15) is 11.3 Å². The minimum Gasteiger partial charge on any atom is -0.460 e. The summed E-state index contributed by atoms with van der Waals surface area (Å²) in [6, 6.07) is 19.1. The number of benzene rings is 2.